The van der Waals surface area contributed by atoms with Crippen LogP contribution < -0.4 is 0 Å². The summed E-state index contributed by atoms with van der Waals surface area (Å²) in [6, 6.07) is 0.617. The molecular formula is C16H33NO2. The maximum Gasteiger partial charge on any atom is 0.0631 e. The van der Waals surface area contributed by atoms with Gasteiger partial charge in [-0.15, -0.1) is 0 Å². The first kappa shape index (κ1) is 16.9. The van der Waals surface area contributed by atoms with Gasteiger partial charge in [-0.05, 0) is 37.0 Å². The van der Waals surface area contributed by atoms with Crippen LogP contribution in [0.3, 0.4) is 0 Å². The fourth-order valence-corrected chi connectivity index (χ4v) is 3.43. The molecule has 0 aliphatic heterocycles. The van der Waals surface area contributed by atoms with Gasteiger partial charge in [-0.1, -0.05) is 27.7 Å². The van der Waals surface area contributed by atoms with Crippen LogP contribution >= 0.6 is 0 Å². The zero-order valence-electron chi connectivity index (χ0n) is 13.5. The molecule has 0 amide bonds. The Morgan fingerprint density at radius 2 is 1.95 bits per heavy atom. The zero-order chi connectivity index (χ0) is 14.5. The predicted molar refractivity (Wildman–Crippen MR) is 80.3 cm³/mol. The molecule has 2 unspecified atom stereocenters. The molecule has 114 valence electrons. The van der Waals surface area contributed by atoms with Crippen LogP contribution in [0.1, 0.15) is 53.4 Å². The Kier molecular flexibility index (Phi) is 6.78. The largest absolute Gasteiger partial charge is 0.392 e. The van der Waals surface area contributed by atoms with Gasteiger partial charge in [-0.25, -0.2) is 0 Å². The molecule has 0 heterocycles. The third-order valence-corrected chi connectivity index (χ3v) is 4.92. The van der Waals surface area contributed by atoms with Crippen molar-refractivity contribution < 1.29 is 9.84 Å². The predicted octanol–water partition coefficient (Wildman–Crippen LogP) is 2.92. The van der Waals surface area contributed by atoms with Gasteiger partial charge in [0.05, 0.1) is 12.7 Å². The van der Waals surface area contributed by atoms with Gasteiger partial charge in [0.25, 0.3) is 0 Å². The molecule has 1 aliphatic rings. The standard InChI is InChI=1S/C16H33NO2/c1-6-14(7-2)17(10-11-19-5)12-13-8-9-16(3,4)15(13)18/h13-15,18H,6-12H2,1-5H3. The normalized spacial score (nSPS) is 26.5. The molecule has 0 bridgehead atoms. The molecule has 0 aromatic rings. The maximum absolute atomic E-state index is 10.5. The number of ether oxygens (including phenoxy) is 1. The van der Waals surface area contributed by atoms with Crippen molar-refractivity contribution in [3.05, 3.63) is 0 Å². The lowest BCUT2D eigenvalue weighted by Crippen LogP contribution is -2.43. The molecule has 1 N–H and O–H groups in total. The van der Waals surface area contributed by atoms with Gasteiger partial charge in [0.2, 0.25) is 0 Å². The quantitative estimate of drug-likeness (QED) is 0.737. The highest BCUT2D eigenvalue weighted by Crippen LogP contribution is 2.41. The number of methoxy groups -OCH3 is 1. The number of rotatable bonds is 8. The minimum absolute atomic E-state index is 0.0888. The molecule has 19 heavy (non-hydrogen) atoms. The maximum atomic E-state index is 10.5. The van der Waals surface area contributed by atoms with Crippen LogP contribution in [0.5, 0.6) is 0 Å². The molecular weight excluding hydrogens is 238 g/mol. The Labute approximate surface area is 119 Å². The van der Waals surface area contributed by atoms with Crippen molar-refractivity contribution in [1.29, 1.82) is 0 Å². The monoisotopic (exact) mass is 271 g/mol. The van der Waals surface area contributed by atoms with E-state index in [4.69, 9.17) is 4.74 Å². The Morgan fingerprint density at radius 3 is 2.37 bits per heavy atom. The van der Waals surface area contributed by atoms with Crippen LogP contribution in [0.4, 0.5) is 0 Å². The summed E-state index contributed by atoms with van der Waals surface area (Å²) in [5, 5.41) is 10.5. The van der Waals surface area contributed by atoms with Crippen molar-refractivity contribution in [2.75, 3.05) is 26.8 Å². The number of nitrogens with zero attached hydrogens (tertiary/aromatic N) is 1. The van der Waals surface area contributed by atoms with Crippen molar-refractivity contribution >= 4 is 0 Å². The van der Waals surface area contributed by atoms with E-state index >= 15 is 0 Å². The van der Waals surface area contributed by atoms with Gasteiger partial charge >= 0.3 is 0 Å². The lowest BCUT2D eigenvalue weighted by molar-refractivity contribution is 0.0201. The van der Waals surface area contributed by atoms with E-state index in [9.17, 15) is 5.11 Å². The van der Waals surface area contributed by atoms with Crippen molar-refractivity contribution in [3.8, 4) is 0 Å². The van der Waals surface area contributed by atoms with Crippen LogP contribution in [0, 0.1) is 11.3 Å². The van der Waals surface area contributed by atoms with E-state index in [0.717, 1.165) is 32.5 Å². The highest BCUT2D eigenvalue weighted by Gasteiger charge is 2.41. The molecule has 1 aliphatic carbocycles. The third kappa shape index (κ3) is 4.44. The average molecular weight is 271 g/mol. The fourth-order valence-electron chi connectivity index (χ4n) is 3.43. The van der Waals surface area contributed by atoms with Crippen molar-refractivity contribution in [2.24, 2.45) is 11.3 Å². The van der Waals surface area contributed by atoms with Crippen LogP contribution in [0.25, 0.3) is 0 Å². The van der Waals surface area contributed by atoms with E-state index in [1.54, 1.807) is 7.11 Å². The summed E-state index contributed by atoms with van der Waals surface area (Å²) in [5.41, 5.74) is 0.0888. The first-order chi connectivity index (χ1) is 8.96. The van der Waals surface area contributed by atoms with Crippen molar-refractivity contribution in [2.45, 2.75) is 65.5 Å². The molecule has 3 heteroatoms. The number of aliphatic hydroxyl groups is 1. The molecule has 0 aromatic heterocycles. The molecule has 1 rings (SSSR count). The van der Waals surface area contributed by atoms with Gasteiger partial charge < -0.3 is 9.84 Å². The van der Waals surface area contributed by atoms with Crippen LogP contribution in [-0.4, -0.2) is 49.0 Å². The van der Waals surface area contributed by atoms with Gasteiger partial charge in [-0.2, -0.15) is 0 Å². The Morgan fingerprint density at radius 1 is 1.32 bits per heavy atom. The van der Waals surface area contributed by atoms with Crippen molar-refractivity contribution in [3.63, 3.8) is 0 Å². The number of aliphatic hydroxyl groups excluding tert-OH is 1. The molecule has 3 nitrogen and oxygen atoms in total. The van der Waals surface area contributed by atoms with E-state index < -0.39 is 0 Å². The zero-order valence-corrected chi connectivity index (χ0v) is 13.5. The average Bonchev–Trinajstić information content (AvgIpc) is 2.64. The van der Waals surface area contributed by atoms with Crippen LogP contribution in [0.2, 0.25) is 0 Å². The Hall–Kier alpha value is -0.120. The smallest absolute Gasteiger partial charge is 0.0631 e. The first-order valence-corrected chi connectivity index (χ1v) is 7.87. The van der Waals surface area contributed by atoms with Crippen LogP contribution in [-0.2, 0) is 4.74 Å². The first-order valence-electron chi connectivity index (χ1n) is 7.87. The molecule has 0 saturated heterocycles. The molecule has 2 atom stereocenters. The lowest BCUT2D eigenvalue weighted by atomic mass is 9.87. The summed E-state index contributed by atoms with van der Waals surface area (Å²) >= 11 is 0. The highest BCUT2D eigenvalue weighted by molar-refractivity contribution is 4.92. The number of hydrogen-bond acceptors (Lipinski definition) is 3. The summed E-state index contributed by atoms with van der Waals surface area (Å²) in [6.45, 7) is 11.7. The summed E-state index contributed by atoms with van der Waals surface area (Å²) in [4.78, 5) is 2.53. The van der Waals surface area contributed by atoms with Gasteiger partial charge in [0.1, 0.15) is 0 Å². The Bertz CT molecular complexity index is 251. The Balaban J connectivity index is 2.61. The topological polar surface area (TPSA) is 32.7 Å². The molecule has 0 aromatic carbocycles. The van der Waals surface area contributed by atoms with E-state index in [2.05, 4.69) is 32.6 Å². The second-order valence-electron chi connectivity index (χ2n) is 6.69. The molecule has 1 fully saturated rings. The van der Waals surface area contributed by atoms with E-state index in [1.807, 2.05) is 0 Å². The highest BCUT2D eigenvalue weighted by atomic mass is 16.5. The summed E-state index contributed by atoms with van der Waals surface area (Å²) in [5.74, 6) is 0.424. The summed E-state index contributed by atoms with van der Waals surface area (Å²) in [7, 11) is 1.76. The minimum Gasteiger partial charge on any atom is -0.392 e. The van der Waals surface area contributed by atoms with Gasteiger partial charge in [0, 0.05) is 26.2 Å². The van der Waals surface area contributed by atoms with E-state index in [1.165, 1.54) is 12.8 Å². The number of hydrogen-bond donors (Lipinski definition) is 1. The minimum atomic E-state index is -0.160. The van der Waals surface area contributed by atoms with Gasteiger partial charge in [-0.3, -0.25) is 4.90 Å². The van der Waals surface area contributed by atoms with E-state index in [-0.39, 0.29) is 11.5 Å². The molecule has 0 spiro atoms. The van der Waals surface area contributed by atoms with Crippen LogP contribution in [0.15, 0.2) is 0 Å². The second-order valence-corrected chi connectivity index (χ2v) is 6.69. The lowest BCUT2D eigenvalue weighted by Gasteiger charge is -2.34. The molecule has 0 radical (unpaired) electrons. The second kappa shape index (κ2) is 7.61. The summed E-state index contributed by atoms with van der Waals surface area (Å²) in [6.07, 6.45) is 4.48. The SMILES string of the molecule is CCC(CC)N(CCOC)CC1CCC(C)(C)C1O. The van der Waals surface area contributed by atoms with E-state index in [0.29, 0.717) is 12.0 Å². The fraction of sp³-hybridized carbons (Fsp3) is 1.00. The molecule has 1 saturated carbocycles. The summed E-state index contributed by atoms with van der Waals surface area (Å²) < 4.78 is 5.24. The van der Waals surface area contributed by atoms with Gasteiger partial charge in [0.15, 0.2) is 0 Å². The van der Waals surface area contributed by atoms with Crippen molar-refractivity contribution in [1.82, 2.24) is 4.90 Å². The third-order valence-electron chi connectivity index (χ3n) is 4.92.